The number of benzene rings is 3. The normalized spacial score (nSPS) is 10.9. The molecule has 8 nitrogen and oxygen atoms in total. The Bertz CT molecular complexity index is 1400. The molecule has 0 radical (unpaired) electrons. The van der Waals surface area contributed by atoms with Crippen LogP contribution in [0.25, 0.3) is 17.1 Å². The van der Waals surface area contributed by atoms with Crippen LogP contribution in [0.15, 0.2) is 69.1 Å². The van der Waals surface area contributed by atoms with Gasteiger partial charge in [0, 0.05) is 27.1 Å². The van der Waals surface area contributed by atoms with Gasteiger partial charge >= 0.3 is 0 Å². The van der Waals surface area contributed by atoms with Crippen LogP contribution < -0.4 is 0 Å². The molecule has 1 N–H and O–H groups in total. The van der Waals surface area contributed by atoms with Gasteiger partial charge in [0.1, 0.15) is 5.75 Å². The molecule has 0 atom stereocenters. The molecule has 4 rings (SSSR count). The van der Waals surface area contributed by atoms with Gasteiger partial charge in [-0.3, -0.25) is 19.5 Å². The van der Waals surface area contributed by atoms with Crippen LogP contribution in [0.2, 0.25) is 0 Å². The molecule has 0 saturated heterocycles. The Morgan fingerprint density at radius 2 is 1.88 bits per heavy atom. The second kappa shape index (κ2) is 9.16. The zero-order valence-electron chi connectivity index (χ0n) is 17.5. The molecule has 0 aliphatic heterocycles. The number of carbonyl (C=O) groups excluding carboxylic acids is 1. The van der Waals surface area contributed by atoms with Gasteiger partial charge < -0.3 is 5.11 Å². The zero-order chi connectivity index (χ0) is 23.7. The minimum Gasteiger partial charge on any atom is -0.507 e. The third kappa shape index (κ3) is 4.53. The molecular weight excluding hydrogens is 508 g/mol. The average Bonchev–Trinajstić information content (AvgIpc) is 3.18. The van der Waals surface area contributed by atoms with Crippen LogP contribution >= 0.6 is 27.7 Å². The Kier molecular flexibility index (Phi) is 6.30. The van der Waals surface area contributed by atoms with Crippen molar-refractivity contribution in [2.24, 2.45) is 0 Å². The van der Waals surface area contributed by atoms with Gasteiger partial charge in [0.15, 0.2) is 12.1 Å². The SMILES string of the molecule is Cc1ccc(-n2c(Sc3ccc([N+](=O)[O-])cc3C=O)nnc2-c2cc(Br)ccc2O)c(C)c1. The Morgan fingerprint density at radius 1 is 1.09 bits per heavy atom. The number of nitro benzene ring substituents is 1. The number of non-ortho nitro benzene ring substituents is 1. The quantitative estimate of drug-likeness (QED) is 0.190. The smallest absolute Gasteiger partial charge is 0.270 e. The molecule has 1 heterocycles. The summed E-state index contributed by atoms with van der Waals surface area (Å²) in [5.74, 6) is 0.454. The number of aromatic hydroxyl groups is 1. The number of hydrogen-bond acceptors (Lipinski definition) is 7. The summed E-state index contributed by atoms with van der Waals surface area (Å²) in [5.41, 5.74) is 3.34. The molecule has 33 heavy (non-hydrogen) atoms. The molecule has 0 aliphatic carbocycles. The molecule has 10 heteroatoms. The average molecular weight is 525 g/mol. The van der Waals surface area contributed by atoms with Crippen molar-refractivity contribution in [1.82, 2.24) is 14.8 Å². The minimum atomic E-state index is -0.548. The van der Waals surface area contributed by atoms with Crippen LogP contribution in [0.5, 0.6) is 5.75 Å². The van der Waals surface area contributed by atoms with E-state index in [4.69, 9.17) is 0 Å². The third-order valence-electron chi connectivity index (χ3n) is 4.96. The van der Waals surface area contributed by atoms with Crippen molar-refractivity contribution >= 4 is 39.7 Å². The van der Waals surface area contributed by atoms with E-state index in [1.807, 2.05) is 32.0 Å². The first kappa shape index (κ1) is 22.7. The summed E-state index contributed by atoms with van der Waals surface area (Å²) in [4.78, 5) is 22.7. The van der Waals surface area contributed by atoms with Crippen LogP contribution in [0.1, 0.15) is 21.5 Å². The van der Waals surface area contributed by atoms with Gasteiger partial charge in [-0.25, -0.2) is 0 Å². The molecule has 166 valence electrons. The predicted molar refractivity (Wildman–Crippen MR) is 128 cm³/mol. The highest BCUT2D eigenvalue weighted by Crippen LogP contribution is 2.38. The number of nitrogens with zero attached hydrogens (tertiary/aromatic N) is 4. The lowest BCUT2D eigenvalue weighted by Crippen LogP contribution is -2.03. The van der Waals surface area contributed by atoms with E-state index in [9.17, 15) is 20.0 Å². The number of rotatable bonds is 6. The second-order valence-corrected chi connectivity index (χ2v) is 9.22. The number of aryl methyl sites for hydroxylation is 2. The molecule has 0 fully saturated rings. The van der Waals surface area contributed by atoms with Gasteiger partial charge in [-0.05, 0) is 61.5 Å². The van der Waals surface area contributed by atoms with Crippen molar-refractivity contribution in [3.05, 3.63) is 85.9 Å². The van der Waals surface area contributed by atoms with Gasteiger partial charge in [-0.1, -0.05) is 33.6 Å². The number of hydrogen-bond donors (Lipinski definition) is 1. The van der Waals surface area contributed by atoms with E-state index >= 15 is 0 Å². The highest BCUT2D eigenvalue weighted by molar-refractivity contribution is 9.10. The summed E-state index contributed by atoms with van der Waals surface area (Å²) in [5, 5.41) is 30.7. The minimum absolute atomic E-state index is 0.0390. The van der Waals surface area contributed by atoms with Crippen LogP contribution in [-0.2, 0) is 0 Å². The van der Waals surface area contributed by atoms with E-state index in [1.165, 1.54) is 18.2 Å². The van der Waals surface area contributed by atoms with Gasteiger partial charge in [0.2, 0.25) is 5.16 Å². The Labute approximate surface area is 201 Å². The Morgan fingerprint density at radius 3 is 2.58 bits per heavy atom. The molecule has 0 aliphatic rings. The summed E-state index contributed by atoms with van der Waals surface area (Å²) >= 11 is 4.59. The third-order valence-corrected chi connectivity index (χ3v) is 6.49. The largest absolute Gasteiger partial charge is 0.507 e. The molecule has 3 aromatic carbocycles. The van der Waals surface area contributed by atoms with Gasteiger partial charge in [-0.15, -0.1) is 10.2 Å². The maximum atomic E-state index is 11.6. The lowest BCUT2D eigenvalue weighted by Gasteiger charge is -2.14. The second-order valence-electron chi connectivity index (χ2n) is 7.29. The van der Waals surface area contributed by atoms with E-state index in [1.54, 1.807) is 22.8 Å². The van der Waals surface area contributed by atoms with Crippen molar-refractivity contribution in [2.45, 2.75) is 23.9 Å². The van der Waals surface area contributed by atoms with Crippen LogP contribution in [0.4, 0.5) is 5.69 Å². The summed E-state index contributed by atoms with van der Waals surface area (Å²) in [6.45, 7) is 3.96. The van der Waals surface area contributed by atoms with E-state index < -0.39 is 4.92 Å². The van der Waals surface area contributed by atoms with Crippen molar-refractivity contribution in [2.75, 3.05) is 0 Å². The van der Waals surface area contributed by atoms with Crippen molar-refractivity contribution < 1.29 is 14.8 Å². The van der Waals surface area contributed by atoms with E-state index in [0.29, 0.717) is 27.7 Å². The maximum Gasteiger partial charge on any atom is 0.270 e. The standard InChI is InChI=1S/C23H17BrN4O4S/c1-13-3-6-19(14(2)9-13)27-22(18-11-16(24)4-7-20(18)30)25-26-23(27)33-21-8-5-17(28(31)32)10-15(21)12-29/h3-12,30H,1-2H3. The number of aromatic nitrogens is 3. The number of phenolic OH excluding ortho intramolecular Hbond substituents is 1. The first-order valence-corrected chi connectivity index (χ1v) is 11.3. The fraction of sp³-hybridized carbons (Fsp3) is 0.0870. The zero-order valence-corrected chi connectivity index (χ0v) is 19.9. The Balaban J connectivity index is 1.91. The van der Waals surface area contributed by atoms with Gasteiger partial charge in [-0.2, -0.15) is 0 Å². The molecule has 0 spiro atoms. The first-order valence-electron chi connectivity index (χ1n) is 9.72. The molecule has 0 amide bonds. The lowest BCUT2D eigenvalue weighted by atomic mass is 10.1. The summed E-state index contributed by atoms with van der Waals surface area (Å²) in [6, 6.07) is 15.0. The van der Waals surface area contributed by atoms with Crippen molar-refractivity contribution in [3.8, 4) is 22.8 Å². The highest BCUT2D eigenvalue weighted by Gasteiger charge is 2.22. The number of aldehydes is 1. The number of halogens is 1. The maximum absolute atomic E-state index is 11.6. The lowest BCUT2D eigenvalue weighted by molar-refractivity contribution is -0.384. The monoisotopic (exact) mass is 524 g/mol. The molecule has 4 aromatic rings. The van der Waals surface area contributed by atoms with Crippen LogP contribution in [0, 0.1) is 24.0 Å². The summed E-state index contributed by atoms with van der Waals surface area (Å²) in [6.07, 6.45) is 0.578. The van der Waals surface area contributed by atoms with Crippen molar-refractivity contribution in [3.63, 3.8) is 0 Å². The molecule has 0 saturated carbocycles. The van der Waals surface area contributed by atoms with Crippen LogP contribution in [0.3, 0.4) is 0 Å². The van der Waals surface area contributed by atoms with Gasteiger partial charge in [0.25, 0.3) is 5.69 Å². The number of nitro groups is 1. The van der Waals surface area contributed by atoms with Crippen LogP contribution in [-0.4, -0.2) is 31.1 Å². The van der Waals surface area contributed by atoms with Gasteiger partial charge in [0.05, 0.1) is 16.2 Å². The Hall–Kier alpha value is -3.50. The van der Waals surface area contributed by atoms with Crippen molar-refractivity contribution in [1.29, 1.82) is 0 Å². The fourth-order valence-corrected chi connectivity index (χ4v) is 4.68. The topological polar surface area (TPSA) is 111 Å². The summed E-state index contributed by atoms with van der Waals surface area (Å²) in [7, 11) is 0. The van der Waals surface area contributed by atoms with E-state index in [2.05, 4.69) is 26.1 Å². The van der Waals surface area contributed by atoms with E-state index in [-0.39, 0.29) is 17.0 Å². The van der Waals surface area contributed by atoms with E-state index in [0.717, 1.165) is 33.0 Å². The number of carbonyl (C=O) groups is 1. The molecule has 0 unspecified atom stereocenters. The number of phenols is 1. The summed E-state index contributed by atoms with van der Waals surface area (Å²) < 4.78 is 2.56. The fourth-order valence-electron chi connectivity index (χ4n) is 3.40. The highest BCUT2D eigenvalue weighted by atomic mass is 79.9. The predicted octanol–water partition coefficient (Wildman–Crippen LogP) is 5.89. The first-order chi connectivity index (χ1) is 15.8. The molecular formula is C23H17BrN4O4S. The molecule has 0 bridgehead atoms. The molecule has 1 aromatic heterocycles.